The molecule has 0 bridgehead atoms. The standard InChI is InChI=1S/C28H21N3O3S3/c1-18-16-20(17-26-27(32)30(28(35)37-26)21-6-4-3-5-7-21)19(2)29(18)22-8-12-24(13-9-22)36-25-14-10-23(11-15-25)31(33)34/h3-17H,1-2H3/b26-17+. The molecular formula is C28H21N3O3S3. The summed E-state index contributed by atoms with van der Waals surface area (Å²) >= 11 is 8.36. The van der Waals surface area contributed by atoms with Crippen LogP contribution in [0.5, 0.6) is 0 Å². The molecule has 1 aromatic heterocycles. The molecule has 0 N–H and O–H groups in total. The number of benzene rings is 3. The van der Waals surface area contributed by atoms with E-state index in [-0.39, 0.29) is 11.6 Å². The first-order valence-electron chi connectivity index (χ1n) is 11.4. The average Bonchev–Trinajstić information content (AvgIpc) is 3.33. The number of thioether (sulfide) groups is 1. The Kier molecular flexibility index (Phi) is 7.01. The molecule has 1 amide bonds. The molecule has 1 fully saturated rings. The molecule has 0 aliphatic carbocycles. The Morgan fingerprint density at radius 1 is 0.919 bits per heavy atom. The summed E-state index contributed by atoms with van der Waals surface area (Å²) in [6.45, 7) is 4.08. The number of amides is 1. The van der Waals surface area contributed by atoms with E-state index in [1.54, 1.807) is 28.8 Å². The fourth-order valence-corrected chi connectivity index (χ4v) is 6.28. The molecule has 1 aliphatic heterocycles. The predicted octanol–water partition coefficient (Wildman–Crippen LogP) is 7.56. The van der Waals surface area contributed by atoms with Crippen molar-refractivity contribution in [3.8, 4) is 5.69 Å². The van der Waals surface area contributed by atoms with Crippen LogP contribution in [0.2, 0.25) is 0 Å². The highest BCUT2D eigenvalue weighted by molar-refractivity contribution is 8.27. The van der Waals surface area contributed by atoms with Crippen molar-refractivity contribution in [3.63, 3.8) is 0 Å². The third-order valence-electron chi connectivity index (χ3n) is 5.94. The van der Waals surface area contributed by atoms with E-state index in [9.17, 15) is 14.9 Å². The van der Waals surface area contributed by atoms with E-state index in [0.29, 0.717) is 9.23 Å². The maximum atomic E-state index is 13.1. The molecule has 184 valence electrons. The van der Waals surface area contributed by atoms with E-state index < -0.39 is 4.92 Å². The van der Waals surface area contributed by atoms with Crippen LogP contribution >= 0.6 is 35.7 Å². The van der Waals surface area contributed by atoms with Crippen molar-refractivity contribution in [2.75, 3.05) is 4.90 Å². The molecule has 0 atom stereocenters. The number of nitro benzene ring substituents is 1. The molecule has 0 unspecified atom stereocenters. The lowest BCUT2D eigenvalue weighted by Gasteiger charge is -2.13. The van der Waals surface area contributed by atoms with Gasteiger partial charge in [0.2, 0.25) is 0 Å². The molecule has 0 saturated carbocycles. The fraction of sp³-hybridized carbons (Fsp3) is 0.0714. The van der Waals surface area contributed by atoms with Gasteiger partial charge in [-0.2, -0.15) is 0 Å². The van der Waals surface area contributed by atoms with Crippen LogP contribution in [0.4, 0.5) is 11.4 Å². The first kappa shape index (κ1) is 25.0. The minimum atomic E-state index is -0.399. The van der Waals surface area contributed by atoms with Gasteiger partial charge in [0.25, 0.3) is 11.6 Å². The van der Waals surface area contributed by atoms with E-state index in [1.165, 1.54) is 23.9 Å². The van der Waals surface area contributed by atoms with Crippen LogP contribution in [0.3, 0.4) is 0 Å². The zero-order valence-corrected chi connectivity index (χ0v) is 22.4. The smallest absolute Gasteiger partial charge is 0.270 e. The van der Waals surface area contributed by atoms with Gasteiger partial charge in [0.1, 0.15) is 0 Å². The first-order chi connectivity index (χ1) is 17.8. The Balaban J connectivity index is 1.37. The number of anilines is 1. The maximum absolute atomic E-state index is 13.1. The summed E-state index contributed by atoms with van der Waals surface area (Å²) < 4.78 is 2.68. The summed E-state index contributed by atoms with van der Waals surface area (Å²) in [7, 11) is 0. The number of thiocarbonyl (C=S) groups is 1. The van der Waals surface area contributed by atoms with E-state index in [4.69, 9.17) is 12.2 Å². The number of non-ortho nitro benzene ring substituents is 1. The molecule has 0 spiro atoms. The Morgan fingerprint density at radius 2 is 1.54 bits per heavy atom. The largest absolute Gasteiger partial charge is 0.318 e. The van der Waals surface area contributed by atoms with Gasteiger partial charge in [-0.15, -0.1) is 0 Å². The lowest BCUT2D eigenvalue weighted by atomic mass is 10.2. The van der Waals surface area contributed by atoms with Gasteiger partial charge in [0, 0.05) is 39.0 Å². The van der Waals surface area contributed by atoms with Gasteiger partial charge >= 0.3 is 0 Å². The summed E-state index contributed by atoms with van der Waals surface area (Å²) in [6, 6.07) is 26.2. The Bertz CT molecular complexity index is 1540. The number of nitro groups is 1. The van der Waals surface area contributed by atoms with Crippen molar-refractivity contribution in [2.24, 2.45) is 0 Å². The number of aryl methyl sites for hydroxylation is 1. The fourth-order valence-electron chi connectivity index (χ4n) is 4.17. The van der Waals surface area contributed by atoms with Crippen LogP contribution in [0.25, 0.3) is 11.8 Å². The van der Waals surface area contributed by atoms with Crippen molar-refractivity contribution in [1.29, 1.82) is 0 Å². The zero-order chi connectivity index (χ0) is 26.1. The van der Waals surface area contributed by atoms with Gasteiger partial charge < -0.3 is 4.57 Å². The summed E-state index contributed by atoms with van der Waals surface area (Å²) in [5.41, 5.74) is 4.91. The predicted molar refractivity (Wildman–Crippen MR) is 155 cm³/mol. The van der Waals surface area contributed by atoms with Gasteiger partial charge in [-0.05, 0) is 80.1 Å². The number of hydrogen-bond acceptors (Lipinski definition) is 6. The number of hydrogen-bond donors (Lipinski definition) is 0. The van der Waals surface area contributed by atoms with Crippen molar-refractivity contribution in [1.82, 2.24) is 4.57 Å². The quantitative estimate of drug-likeness (QED) is 0.108. The van der Waals surface area contributed by atoms with Crippen LogP contribution in [-0.4, -0.2) is 19.7 Å². The van der Waals surface area contributed by atoms with Gasteiger partial charge in [-0.3, -0.25) is 19.8 Å². The molecule has 37 heavy (non-hydrogen) atoms. The van der Waals surface area contributed by atoms with Crippen molar-refractivity contribution in [3.05, 3.63) is 117 Å². The van der Waals surface area contributed by atoms with Crippen LogP contribution in [0.15, 0.2) is 99.6 Å². The van der Waals surface area contributed by atoms with Crippen molar-refractivity contribution in [2.45, 2.75) is 23.6 Å². The molecule has 4 aromatic rings. The van der Waals surface area contributed by atoms with Crippen molar-refractivity contribution >= 4 is 63.4 Å². The Hall–Kier alpha value is -3.66. The first-order valence-corrected chi connectivity index (χ1v) is 13.4. The molecule has 9 heteroatoms. The molecule has 5 rings (SSSR count). The summed E-state index contributed by atoms with van der Waals surface area (Å²) in [5, 5.41) is 10.9. The zero-order valence-electron chi connectivity index (χ0n) is 20.0. The Labute approximate surface area is 228 Å². The Morgan fingerprint density at radius 3 is 2.16 bits per heavy atom. The third kappa shape index (κ3) is 5.11. The molecule has 2 heterocycles. The summed E-state index contributed by atoms with van der Waals surface area (Å²) in [4.78, 5) is 27.7. The van der Waals surface area contributed by atoms with E-state index in [1.807, 2.05) is 74.5 Å². The number of para-hydroxylation sites is 1. The lowest BCUT2D eigenvalue weighted by molar-refractivity contribution is -0.384. The molecule has 1 aliphatic rings. The molecule has 0 radical (unpaired) electrons. The van der Waals surface area contributed by atoms with Crippen LogP contribution in [0, 0.1) is 24.0 Å². The highest BCUT2D eigenvalue weighted by atomic mass is 32.2. The van der Waals surface area contributed by atoms with Gasteiger partial charge in [0.15, 0.2) is 4.32 Å². The summed E-state index contributed by atoms with van der Waals surface area (Å²) in [6.07, 6.45) is 1.92. The van der Waals surface area contributed by atoms with E-state index in [2.05, 4.69) is 10.6 Å². The van der Waals surface area contributed by atoms with Gasteiger partial charge in [0.05, 0.1) is 15.5 Å². The highest BCUT2D eigenvalue weighted by Crippen LogP contribution is 2.37. The minimum absolute atomic E-state index is 0.0799. The maximum Gasteiger partial charge on any atom is 0.270 e. The number of nitrogens with zero attached hydrogens (tertiary/aromatic N) is 3. The second kappa shape index (κ2) is 10.4. The lowest BCUT2D eigenvalue weighted by Crippen LogP contribution is -2.27. The van der Waals surface area contributed by atoms with Crippen molar-refractivity contribution < 1.29 is 9.72 Å². The highest BCUT2D eigenvalue weighted by Gasteiger charge is 2.33. The van der Waals surface area contributed by atoms with Crippen LogP contribution < -0.4 is 4.90 Å². The van der Waals surface area contributed by atoms with Crippen LogP contribution in [-0.2, 0) is 4.79 Å². The molecule has 3 aromatic carbocycles. The minimum Gasteiger partial charge on any atom is -0.318 e. The van der Waals surface area contributed by atoms with Gasteiger partial charge in [-0.25, -0.2) is 0 Å². The second-order valence-electron chi connectivity index (χ2n) is 8.36. The number of rotatable bonds is 6. The molecule has 1 saturated heterocycles. The SMILES string of the molecule is Cc1cc(/C=C2/SC(=S)N(c3ccccc3)C2=O)c(C)n1-c1ccc(Sc2ccc([N+](=O)[O-])cc2)cc1. The number of carbonyl (C=O) groups is 1. The molecular weight excluding hydrogens is 523 g/mol. The topological polar surface area (TPSA) is 68.4 Å². The van der Waals surface area contributed by atoms with Crippen LogP contribution in [0.1, 0.15) is 17.0 Å². The van der Waals surface area contributed by atoms with E-state index in [0.717, 1.165) is 38.1 Å². The average molecular weight is 544 g/mol. The second-order valence-corrected chi connectivity index (χ2v) is 11.2. The normalized spacial score (nSPS) is 14.5. The van der Waals surface area contributed by atoms with Gasteiger partial charge in [-0.1, -0.05) is 53.9 Å². The third-order valence-corrected chi connectivity index (χ3v) is 8.26. The van der Waals surface area contributed by atoms with E-state index >= 15 is 0 Å². The number of carbonyl (C=O) groups excluding carboxylic acids is 1. The summed E-state index contributed by atoms with van der Waals surface area (Å²) in [5.74, 6) is -0.112. The molecule has 6 nitrogen and oxygen atoms in total. The number of aromatic nitrogens is 1. The monoisotopic (exact) mass is 543 g/mol.